The Balaban J connectivity index is 1.22. The van der Waals surface area contributed by atoms with E-state index in [4.69, 9.17) is 10.5 Å². The Morgan fingerprint density at radius 2 is 1.94 bits per heavy atom. The van der Waals surface area contributed by atoms with Crippen LogP contribution in [0.3, 0.4) is 0 Å². The van der Waals surface area contributed by atoms with Crippen molar-refractivity contribution in [2.24, 2.45) is 28.9 Å². The molecule has 5 fully saturated rings. The van der Waals surface area contributed by atoms with Crippen molar-refractivity contribution < 1.29 is 23.1 Å². The summed E-state index contributed by atoms with van der Waals surface area (Å²) in [7, 11) is 0. The number of nitrogens with two attached hydrogens (primary N) is 1. The van der Waals surface area contributed by atoms with E-state index in [-0.39, 0.29) is 47.2 Å². The monoisotopic (exact) mass is 433 g/mol. The molecule has 168 valence electrons. The van der Waals surface area contributed by atoms with Crippen molar-refractivity contribution in [3.05, 3.63) is 35.4 Å². The zero-order chi connectivity index (χ0) is 21.8. The first-order valence-electron chi connectivity index (χ1n) is 11.2. The fourth-order valence-electron chi connectivity index (χ4n) is 6.74. The van der Waals surface area contributed by atoms with E-state index in [1.54, 1.807) is 6.07 Å². The molecule has 6 rings (SSSR count). The maximum absolute atomic E-state index is 14.0. The third-order valence-electron chi connectivity index (χ3n) is 7.97. The molecule has 5 aliphatic rings. The van der Waals surface area contributed by atoms with Gasteiger partial charge in [0.05, 0.1) is 6.61 Å². The van der Waals surface area contributed by atoms with E-state index in [9.17, 15) is 18.4 Å². The van der Waals surface area contributed by atoms with Crippen molar-refractivity contribution in [1.82, 2.24) is 10.2 Å². The summed E-state index contributed by atoms with van der Waals surface area (Å²) >= 11 is 0. The maximum Gasteiger partial charge on any atom is 0.250 e. The minimum absolute atomic E-state index is 0.0520. The Labute approximate surface area is 180 Å². The van der Waals surface area contributed by atoms with Crippen LogP contribution < -0.4 is 11.1 Å². The summed E-state index contributed by atoms with van der Waals surface area (Å²) < 4.78 is 33.3. The molecule has 1 aromatic rings. The van der Waals surface area contributed by atoms with Crippen molar-refractivity contribution >= 4 is 11.8 Å². The van der Waals surface area contributed by atoms with Gasteiger partial charge in [-0.05, 0) is 55.9 Å². The van der Waals surface area contributed by atoms with Crippen LogP contribution in [0.15, 0.2) is 18.2 Å². The highest BCUT2D eigenvalue weighted by Gasteiger charge is 2.58. The van der Waals surface area contributed by atoms with Crippen LogP contribution in [0.4, 0.5) is 8.78 Å². The first-order chi connectivity index (χ1) is 14.8. The van der Waals surface area contributed by atoms with Gasteiger partial charge in [0.15, 0.2) is 11.6 Å². The Bertz CT molecular complexity index is 879. The lowest BCUT2D eigenvalue weighted by Crippen LogP contribution is -2.63. The lowest BCUT2D eigenvalue weighted by molar-refractivity contribution is -0.151. The first kappa shape index (κ1) is 20.8. The van der Waals surface area contributed by atoms with Crippen molar-refractivity contribution in [3.63, 3.8) is 0 Å². The molecule has 0 aromatic heterocycles. The fraction of sp³-hybridized carbons (Fsp3) is 0.652. The van der Waals surface area contributed by atoms with Crippen molar-refractivity contribution in [1.29, 1.82) is 0 Å². The quantitative estimate of drug-likeness (QED) is 0.744. The zero-order valence-corrected chi connectivity index (χ0v) is 17.5. The largest absolute Gasteiger partial charge is 0.369 e. The number of hydrogen-bond acceptors (Lipinski definition) is 4. The fourth-order valence-corrected chi connectivity index (χ4v) is 6.74. The number of carbonyl (C=O) groups is 2. The van der Waals surface area contributed by atoms with Gasteiger partial charge in [0.1, 0.15) is 6.10 Å². The highest BCUT2D eigenvalue weighted by Crippen LogP contribution is 2.59. The van der Waals surface area contributed by atoms with Gasteiger partial charge < -0.3 is 15.8 Å². The maximum atomic E-state index is 14.0. The third-order valence-corrected chi connectivity index (χ3v) is 7.97. The summed E-state index contributed by atoms with van der Waals surface area (Å²) in [6, 6.07) is 4.20. The molecule has 4 bridgehead atoms. The number of nitrogens with one attached hydrogen (secondary N) is 1. The van der Waals surface area contributed by atoms with Crippen LogP contribution in [-0.2, 0) is 20.9 Å². The minimum atomic E-state index is -0.865. The van der Waals surface area contributed by atoms with Gasteiger partial charge in [0.2, 0.25) is 5.91 Å². The summed E-state index contributed by atoms with van der Waals surface area (Å²) in [5.41, 5.74) is 5.64. The Kier molecular flexibility index (Phi) is 5.25. The van der Waals surface area contributed by atoms with Crippen molar-refractivity contribution in [3.8, 4) is 0 Å². The number of benzene rings is 1. The molecule has 3 atom stereocenters. The molecule has 0 radical (unpaired) electrons. The molecule has 4 aliphatic carbocycles. The predicted molar refractivity (Wildman–Crippen MR) is 108 cm³/mol. The topological polar surface area (TPSA) is 84.7 Å². The van der Waals surface area contributed by atoms with Crippen LogP contribution in [0, 0.1) is 34.8 Å². The summed E-state index contributed by atoms with van der Waals surface area (Å²) in [6.45, 7) is 1.47. The summed E-state index contributed by atoms with van der Waals surface area (Å²) in [5, 5.41) is 3.22. The minimum Gasteiger partial charge on any atom is -0.369 e. The third kappa shape index (κ3) is 3.74. The number of amides is 2. The van der Waals surface area contributed by atoms with Crippen molar-refractivity contribution in [2.75, 3.05) is 19.7 Å². The predicted octanol–water partition coefficient (Wildman–Crippen LogP) is 1.96. The smallest absolute Gasteiger partial charge is 0.250 e. The highest BCUT2D eigenvalue weighted by atomic mass is 19.2. The van der Waals surface area contributed by atoms with Crippen LogP contribution >= 0.6 is 0 Å². The Morgan fingerprint density at radius 1 is 1.19 bits per heavy atom. The van der Waals surface area contributed by atoms with E-state index in [1.165, 1.54) is 6.07 Å². The molecule has 0 spiro atoms. The van der Waals surface area contributed by atoms with Gasteiger partial charge in [-0.3, -0.25) is 14.5 Å². The molecule has 1 aliphatic heterocycles. The molecule has 3 N–H and O–H groups in total. The van der Waals surface area contributed by atoms with Gasteiger partial charge >= 0.3 is 0 Å². The van der Waals surface area contributed by atoms with Gasteiger partial charge in [-0.25, -0.2) is 8.78 Å². The number of primary amides is 1. The average Bonchev–Trinajstić information content (AvgIpc) is 2.73. The number of rotatable bonds is 5. The Hall–Kier alpha value is -2.06. The summed E-state index contributed by atoms with van der Waals surface area (Å²) in [6.07, 6.45) is 3.84. The molecule has 31 heavy (non-hydrogen) atoms. The summed E-state index contributed by atoms with van der Waals surface area (Å²) in [4.78, 5) is 27.1. The van der Waals surface area contributed by atoms with E-state index in [0.29, 0.717) is 25.6 Å². The SMILES string of the molecule is NC(=O)C12CC3CC(C1)C(NC(=O)[C@H]1CN(Cc4cccc(F)c4F)CCO1)C(C3)C2. The van der Waals surface area contributed by atoms with E-state index in [1.807, 2.05) is 4.90 Å². The van der Waals surface area contributed by atoms with Crippen LogP contribution in [-0.4, -0.2) is 48.6 Å². The van der Waals surface area contributed by atoms with Gasteiger partial charge in [-0.15, -0.1) is 0 Å². The molecule has 2 unspecified atom stereocenters. The van der Waals surface area contributed by atoms with Crippen LogP contribution in [0.25, 0.3) is 0 Å². The van der Waals surface area contributed by atoms with E-state index in [2.05, 4.69) is 5.32 Å². The summed E-state index contributed by atoms with van der Waals surface area (Å²) in [5.74, 6) is -0.960. The average molecular weight is 433 g/mol. The molecule has 6 nitrogen and oxygen atoms in total. The zero-order valence-electron chi connectivity index (χ0n) is 17.5. The van der Waals surface area contributed by atoms with Gasteiger partial charge in [0, 0.05) is 36.7 Å². The number of nitrogens with zero attached hydrogens (tertiary/aromatic N) is 1. The van der Waals surface area contributed by atoms with Crippen LogP contribution in [0.2, 0.25) is 0 Å². The molecular formula is C23H29F2N3O3. The first-order valence-corrected chi connectivity index (χ1v) is 11.2. The van der Waals surface area contributed by atoms with E-state index < -0.39 is 17.7 Å². The number of ether oxygens (including phenoxy) is 1. The molecule has 1 saturated heterocycles. The second-order valence-electron chi connectivity index (χ2n) is 9.96. The standard InChI is InChI=1S/C23H29F2N3O3/c24-17-3-1-2-14(19(17)25)11-28-4-5-31-18(12-28)21(29)27-20-15-6-13-7-16(20)10-23(8-13,9-15)22(26)30/h1-3,13,15-16,18,20H,4-12H2,(H2,26,30)(H,27,29)/t13?,15?,16?,18-,20?,23?/m1/s1. The van der Waals surface area contributed by atoms with Gasteiger partial charge in [-0.2, -0.15) is 0 Å². The Morgan fingerprint density at radius 3 is 2.65 bits per heavy atom. The molecule has 8 heteroatoms. The number of carbonyl (C=O) groups excluding carboxylic acids is 2. The number of halogens is 2. The second kappa shape index (κ2) is 7.81. The van der Waals surface area contributed by atoms with Crippen molar-refractivity contribution in [2.45, 2.75) is 50.8 Å². The number of hydrogen-bond donors (Lipinski definition) is 2. The normalized spacial score (nSPS) is 37.0. The second-order valence-corrected chi connectivity index (χ2v) is 9.96. The van der Waals surface area contributed by atoms with Gasteiger partial charge in [0.25, 0.3) is 5.91 Å². The molecule has 1 aromatic carbocycles. The lowest BCUT2D eigenvalue weighted by atomic mass is 9.47. The highest BCUT2D eigenvalue weighted by molar-refractivity contribution is 5.83. The lowest BCUT2D eigenvalue weighted by Gasteiger charge is -2.59. The number of morpholine rings is 1. The van der Waals surface area contributed by atoms with Crippen LogP contribution in [0.5, 0.6) is 0 Å². The van der Waals surface area contributed by atoms with Crippen LogP contribution in [0.1, 0.15) is 37.7 Å². The molecular weight excluding hydrogens is 404 g/mol. The molecule has 1 heterocycles. The van der Waals surface area contributed by atoms with Gasteiger partial charge in [-0.1, -0.05) is 12.1 Å². The van der Waals surface area contributed by atoms with E-state index >= 15 is 0 Å². The molecule has 2 amide bonds. The molecule has 4 saturated carbocycles. The van der Waals surface area contributed by atoms with E-state index in [0.717, 1.165) is 38.2 Å².